The topological polar surface area (TPSA) is 43.1 Å². The number of fused-ring (bicyclic) bond motifs is 1. The number of hydrogen-bond acceptors (Lipinski definition) is 3. The molecule has 0 atom stereocenters. The van der Waals surface area contributed by atoms with Gasteiger partial charge in [-0.2, -0.15) is 9.61 Å². The SMILES string of the molecule is Cc1cnn2c(Br)cnc2n1. The summed E-state index contributed by atoms with van der Waals surface area (Å²) in [4.78, 5) is 8.18. The van der Waals surface area contributed by atoms with Gasteiger partial charge in [0.15, 0.2) is 0 Å². The summed E-state index contributed by atoms with van der Waals surface area (Å²) in [5, 5.41) is 4.09. The molecule has 0 amide bonds. The molecular weight excluding hydrogens is 208 g/mol. The molecule has 0 aliphatic heterocycles. The van der Waals surface area contributed by atoms with Crippen LogP contribution in [0.5, 0.6) is 0 Å². The van der Waals surface area contributed by atoms with Gasteiger partial charge in [-0.1, -0.05) is 0 Å². The van der Waals surface area contributed by atoms with E-state index in [4.69, 9.17) is 0 Å². The van der Waals surface area contributed by atoms with Gasteiger partial charge in [-0.3, -0.25) is 0 Å². The average Bonchev–Trinajstić information content (AvgIpc) is 2.32. The first kappa shape index (κ1) is 6.72. The van der Waals surface area contributed by atoms with Gasteiger partial charge in [0.1, 0.15) is 4.60 Å². The first-order valence-corrected chi connectivity index (χ1v) is 3.89. The highest BCUT2D eigenvalue weighted by atomic mass is 79.9. The van der Waals surface area contributed by atoms with Gasteiger partial charge in [0, 0.05) is 0 Å². The van der Waals surface area contributed by atoms with Crippen LogP contribution in [0.15, 0.2) is 17.0 Å². The third-order valence-electron chi connectivity index (χ3n) is 1.31. The number of hydrogen-bond donors (Lipinski definition) is 0. The van der Waals surface area contributed by atoms with Gasteiger partial charge < -0.3 is 0 Å². The summed E-state index contributed by atoms with van der Waals surface area (Å²) in [6, 6.07) is 0. The monoisotopic (exact) mass is 212 g/mol. The number of imidazole rings is 1. The minimum Gasteiger partial charge on any atom is -0.217 e. The van der Waals surface area contributed by atoms with Crippen LogP contribution < -0.4 is 0 Å². The van der Waals surface area contributed by atoms with Crippen molar-refractivity contribution >= 4 is 21.7 Å². The molecule has 2 aromatic rings. The molecule has 2 aromatic heterocycles. The molecule has 0 saturated carbocycles. The Morgan fingerprint density at radius 3 is 3.09 bits per heavy atom. The van der Waals surface area contributed by atoms with Gasteiger partial charge in [0.25, 0.3) is 5.78 Å². The molecule has 0 aliphatic rings. The minimum atomic E-state index is 0.622. The van der Waals surface area contributed by atoms with E-state index in [0.29, 0.717) is 5.78 Å². The maximum atomic E-state index is 4.16. The average molecular weight is 213 g/mol. The molecule has 4 nitrogen and oxygen atoms in total. The standard InChI is InChI=1S/C6H5BrN4/c1-4-2-9-11-5(7)3-8-6(11)10-4/h2-3H,1H3. The zero-order valence-electron chi connectivity index (χ0n) is 5.82. The van der Waals surface area contributed by atoms with E-state index in [1.54, 1.807) is 16.9 Å². The van der Waals surface area contributed by atoms with E-state index in [0.717, 1.165) is 10.3 Å². The Morgan fingerprint density at radius 1 is 1.45 bits per heavy atom. The maximum absolute atomic E-state index is 4.16. The Kier molecular flexibility index (Phi) is 1.38. The molecule has 0 N–H and O–H groups in total. The van der Waals surface area contributed by atoms with Crippen molar-refractivity contribution in [1.29, 1.82) is 0 Å². The summed E-state index contributed by atoms with van der Waals surface area (Å²) in [5.41, 5.74) is 0.871. The predicted octanol–water partition coefficient (Wildman–Crippen LogP) is 1.20. The van der Waals surface area contributed by atoms with Gasteiger partial charge in [-0.05, 0) is 22.9 Å². The van der Waals surface area contributed by atoms with Crippen LogP contribution in [0.4, 0.5) is 0 Å². The Morgan fingerprint density at radius 2 is 2.27 bits per heavy atom. The molecule has 0 bridgehead atoms. The van der Waals surface area contributed by atoms with E-state index < -0.39 is 0 Å². The van der Waals surface area contributed by atoms with E-state index >= 15 is 0 Å². The third-order valence-corrected chi connectivity index (χ3v) is 1.86. The van der Waals surface area contributed by atoms with E-state index in [2.05, 4.69) is 31.0 Å². The molecule has 5 heteroatoms. The summed E-state index contributed by atoms with van der Waals surface area (Å²) >= 11 is 3.29. The Labute approximate surface area is 71.4 Å². The van der Waals surface area contributed by atoms with Crippen molar-refractivity contribution in [1.82, 2.24) is 19.6 Å². The van der Waals surface area contributed by atoms with Gasteiger partial charge in [-0.15, -0.1) is 0 Å². The highest BCUT2D eigenvalue weighted by molar-refractivity contribution is 9.10. The summed E-state index contributed by atoms with van der Waals surface area (Å²) in [6.07, 6.45) is 3.37. The molecule has 0 aromatic carbocycles. The van der Waals surface area contributed by atoms with Crippen LogP contribution in [0.2, 0.25) is 0 Å². The smallest absolute Gasteiger partial charge is 0.217 e. The zero-order valence-corrected chi connectivity index (χ0v) is 7.41. The summed E-state index contributed by atoms with van der Waals surface area (Å²) in [6.45, 7) is 1.88. The van der Waals surface area contributed by atoms with E-state index in [1.165, 1.54) is 0 Å². The van der Waals surface area contributed by atoms with Crippen LogP contribution in [-0.4, -0.2) is 19.6 Å². The van der Waals surface area contributed by atoms with Crippen molar-refractivity contribution in [2.24, 2.45) is 0 Å². The number of halogens is 1. The fraction of sp³-hybridized carbons (Fsp3) is 0.167. The third kappa shape index (κ3) is 1.01. The lowest BCUT2D eigenvalue weighted by atomic mass is 10.5. The molecule has 56 valence electrons. The molecule has 2 rings (SSSR count). The molecule has 0 fully saturated rings. The van der Waals surface area contributed by atoms with Crippen LogP contribution in [0.25, 0.3) is 5.78 Å². The second-order valence-electron chi connectivity index (χ2n) is 2.19. The lowest BCUT2D eigenvalue weighted by molar-refractivity contribution is 0.869. The largest absolute Gasteiger partial charge is 0.251 e. The van der Waals surface area contributed by atoms with Crippen LogP contribution in [-0.2, 0) is 0 Å². The Bertz CT molecular complexity index is 394. The zero-order chi connectivity index (χ0) is 7.84. The van der Waals surface area contributed by atoms with E-state index in [-0.39, 0.29) is 0 Å². The molecular formula is C6H5BrN4. The van der Waals surface area contributed by atoms with Crippen LogP contribution in [0, 0.1) is 6.92 Å². The van der Waals surface area contributed by atoms with Gasteiger partial charge in [-0.25, -0.2) is 9.97 Å². The van der Waals surface area contributed by atoms with E-state index in [9.17, 15) is 0 Å². The molecule has 0 radical (unpaired) electrons. The number of aromatic nitrogens is 4. The highest BCUT2D eigenvalue weighted by Crippen LogP contribution is 2.08. The lowest BCUT2D eigenvalue weighted by Crippen LogP contribution is -1.95. The van der Waals surface area contributed by atoms with Crippen molar-refractivity contribution < 1.29 is 0 Å². The summed E-state index contributed by atoms with van der Waals surface area (Å²) in [5.74, 6) is 0.622. The van der Waals surface area contributed by atoms with E-state index in [1.807, 2.05) is 6.92 Å². The minimum absolute atomic E-state index is 0.622. The predicted molar refractivity (Wildman–Crippen MR) is 43.2 cm³/mol. The van der Waals surface area contributed by atoms with Crippen molar-refractivity contribution in [2.75, 3.05) is 0 Å². The Balaban J connectivity index is 2.86. The van der Waals surface area contributed by atoms with Gasteiger partial charge >= 0.3 is 0 Å². The normalized spacial score (nSPS) is 10.7. The lowest BCUT2D eigenvalue weighted by Gasteiger charge is -1.92. The second kappa shape index (κ2) is 2.27. The van der Waals surface area contributed by atoms with Crippen molar-refractivity contribution in [2.45, 2.75) is 6.92 Å². The van der Waals surface area contributed by atoms with Crippen LogP contribution in [0.3, 0.4) is 0 Å². The number of aryl methyl sites for hydroxylation is 1. The molecule has 0 spiro atoms. The second-order valence-corrected chi connectivity index (χ2v) is 3.00. The fourth-order valence-corrected chi connectivity index (χ4v) is 1.18. The maximum Gasteiger partial charge on any atom is 0.251 e. The molecule has 2 heterocycles. The number of rotatable bonds is 0. The first-order valence-electron chi connectivity index (χ1n) is 3.10. The van der Waals surface area contributed by atoms with Gasteiger partial charge in [0.05, 0.1) is 18.1 Å². The summed E-state index contributed by atoms with van der Waals surface area (Å²) < 4.78 is 2.45. The highest BCUT2D eigenvalue weighted by Gasteiger charge is 2.00. The van der Waals surface area contributed by atoms with Crippen LogP contribution >= 0.6 is 15.9 Å². The molecule has 0 saturated heterocycles. The molecule has 0 aliphatic carbocycles. The van der Waals surface area contributed by atoms with Crippen LogP contribution in [0.1, 0.15) is 5.69 Å². The summed E-state index contributed by atoms with van der Waals surface area (Å²) in [7, 11) is 0. The molecule has 0 unspecified atom stereocenters. The Hall–Kier alpha value is -0.970. The van der Waals surface area contributed by atoms with Gasteiger partial charge in [0.2, 0.25) is 0 Å². The van der Waals surface area contributed by atoms with Crippen molar-refractivity contribution in [3.05, 3.63) is 22.7 Å². The van der Waals surface area contributed by atoms with Crippen molar-refractivity contribution in [3.8, 4) is 0 Å². The fourth-order valence-electron chi connectivity index (χ4n) is 0.827. The number of nitrogens with zero attached hydrogens (tertiary/aromatic N) is 4. The molecule has 11 heavy (non-hydrogen) atoms. The van der Waals surface area contributed by atoms with Crippen molar-refractivity contribution in [3.63, 3.8) is 0 Å². The first-order chi connectivity index (χ1) is 5.27. The quantitative estimate of drug-likeness (QED) is 0.660.